The highest BCUT2D eigenvalue weighted by atomic mass is 16.7. The van der Waals surface area contributed by atoms with Gasteiger partial charge in [0.15, 0.2) is 5.79 Å². The van der Waals surface area contributed by atoms with E-state index in [0.29, 0.717) is 50.7 Å². The number of rotatable bonds is 4. The molecule has 0 bridgehead atoms. The minimum absolute atomic E-state index is 0.0991. The van der Waals surface area contributed by atoms with Gasteiger partial charge in [-0.25, -0.2) is 9.97 Å². The van der Waals surface area contributed by atoms with E-state index in [2.05, 4.69) is 34.3 Å². The number of amides is 1. The second kappa shape index (κ2) is 7.62. The number of piperidine rings is 1. The van der Waals surface area contributed by atoms with Crippen molar-refractivity contribution in [3.05, 3.63) is 54.0 Å². The average Bonchev–Trinajstić information content (AvgIpc) is 3.17. The van der Waals surface area contributed by atoms with Crippen LogP contribution in [0.3, 0.4) is 0 Å². The number of benzene rings is 1. The maximum Gasteiger partial charge on any atom is 0.274 e. The maximum absolute atomic E-state index is 12.7. The fourth-order valence-electron chi connectivity index (χ4n) is 3.56. The first-order valence-electron chi connectivity index (χ1n) is 9.36. The first-order chi connectivity index (χ1) is 13.2. The van der Waals surface area contributed by atoms with Crippen LogP contribution in [0.5, 0.6) is 0 Å². The lowest BCUT2D eigenvalue weighted by molar-refractivity contribution is -0.181. The van der Waals surface area contributed by atoms with Crippen LogP contribution in [0.4, 0.5) is 5.82 Å². The first-order valence-corrected chi connectivity index (χ1v) is 9.36. The summed E-state index contributed by atoms with van der Waals surface area (Å²) in [7, 11) is 0. The number of nitrogens with one attached hydrogen (secondary N) is 1. The summed E-state index contributed by atoms with van der Waals surface area (Å²) in [5.41, 5.74) is 1.52. The van der Waals surface area contributed by atoms with E-state index in [1.165, 1.54) is 6.20 Å². The summed E-state index contributed by atoms with van der Waals surface area (Å²) in [6, 6.07) is 10.2. The summed E-state index contributed by atoms with van der Waals surface area (Å²) in [5.74, 6) is 0.0651. The van der Waals surface area contributed by atoms with Gasteiger partial charge in [0.2, 0.25) is 0 Å². The monoisotopic (exact) mass is 368 g/mol. The summed E-state index contributed by atoms with van der Waals surface area (Å²) in [6.45, 7) is 4.54. The Balaban J connectivity index is 1.35. The second-order valence-corrected chi connectivity index (χ2v) is 6.96. The zero-order chi connectivity index (χ0) is 18.7. The number of nitrogens with zero attached hydrogens (tertiary/aromatic N) is 3. The molecular formula is C20H24N4O3. The van der Waals surface area contributed by atoms with Crippen LogP contribution < -0.4 is 5.32 Å². The molecule has 7 heteroatoms. The Bertz CT molecular complexity index is 766. The first kappa shape index (κ1) is 17.9. The summed E-state index contributed by atoms with van der Waals surface area (Å²) >= 11 is 0. The molecule has 1 aromatic heterocycles. The molecule has 2 fully saturated rings. The van der Waals surface area contributed by atoms with Gasteiger partial charge in [0.1, 0.15) is 11.5 Å². The van der Waals surface area contributed by atoms with Crippen LogP contribution >= 0.6 is 0 Å². The topological polar surface area (TPSA) is 76.6 Å². The molecular weight excluding hydrogens is 344 g/mol. The Morgan fingerprint density at radius 1 is 1.11 bits per heavy atom. The van der Waals surface area contributed by atoms with Crippen molar-refractivity contribution in [3.63, 3.8) is 0 Å². The van der Waals surface area contributed by atoms with Crippen molar-refractivity contribution >= 4 is 11.7 Å². The van der Waals surface area contributed by atoms with Crippen molar-refractivity contribution < 1.29 is 14.3 Å². The lowest BCUT2D eigenvalue weighted by Crippen LogP contribution is -2.47. The minimum atomic E-state index is -0.482. The van der Waals surface area contributed by atoms with Crippen molar-refractivity contribution in [1.82, 2.24) is 14.9 Å². The highest BCUT2D eigenvalue weighted by Gasteiger charge is 2.41. The van der Waals surface area contributed by atoms with Crippen molar-refractivity contribution in [2.45, 2.75) is 31.6 Å². The average molecular weight is 368 g/mol. The molecule has 2 saturated heterocycles. The third-order valence-corrected chi connectivity index (χ3v) is 5.16. The van der Waals surface area contributed by atoms with E-state index in [4.69, 9.17) is 9.47 Å². The fraction of sp³-hybridized carbons (Fsp3) is 0.450. The van der Waals surface area contributed by atoms with Gasteiger partial charge in [-0.2, -0.15) is 0 Å². The number of ether oxygens (including phenoxy) is 2. The molecule has 142 valence electrons. The predicted molar refractivity (Wildman–Crippen MR) is 100 cm³/mol. The van der Waals surface area contributed by atoms with Gasteiger partial charge in [-0.05, 0) is 12.5 Å². The minimum Gasteiger partial charge on any atom is -0.362 e. The van der Waals surface area contributed by atoms with Gasteiger partial charge in [-0.3, -0.25) is 4.79 Å². The van der Waals surface area contributed by atoms with E-state index in [9.17, 15) is 4.79 Å². The highest BCUT2D eigenvalue weighted by Crippen LogP contribution is 2.31. The number of anilines is 1. The number of hydrogen-bond acceptors (Lipinski definition) is 6. The van der Waals surface area contributed by atoms with Gasteiger partial charge >= 0.3 is 0 Å². The molecule has 2 aliphatic rings. The molecule has 1 unspecified atom stereocenters. The van der Waals surface area contributed by atoms with Crippen LogP contribution in [-0.2, 0) is 9.47 Å². The predicted octanol–water partition coefficient (Wildman–Crippen LogP) is 2.63. The molecule has 1 N–H and O–H groups in total. The number of hydrogen-bond donors (Lipinski definition) is 1. The molecule has 0 aliphatic carbocycles. The number of carbonyl (C=O) groups excluding carboxylic acids is 1. The third-order valence-electron chi connectivity index (χ3n) is 5.16. The van der Waals surface area contributed by atoms with E-state index in [0.717, 1.165) is 5.56 Å². The largest absolute Gasteiger partial charge is 0.362 e. The molecule has 1 atom stereocenters. The summed E-state index contributed by atoms with van der Waals surface area (Å²) < 4.78 is 11.4. The quantitative estimate of drug-likeness (QED) is 0.894. The molecule has 27 heavy (non-hydrogen) atoms. The molecule has 4 rings (SSSR count). The smallest absolute Gasteiger partial charge is 0.274 e. The lowest BCUT2D eigenvalue weighted by atomic mass is 10.0. The Hall–Kier alpha value is -2.51. The molecule has 1 aromatic carbocycles. The Kier molecular flexibility index (Phi) is 5.05. The van der Waals surface area contributed by atoms with E-state index < -0.39 is 5.79 Å². The van der Waals surface area contributed by atoms with Crippen molar-refractivity contribution in [3.8, 4) is 0 Å². The van der Waals surface area contributed by atoms with Crippen molar-refractivity contribution in [2.75, 3.05) is 31.6 Å². The number of likely N-dealkylation sites (tertiary alicyclic amines) is 1. The van der Waals surface area contributed by atoms with Crippen LogP contribution in [-0.4, -0.2) is 52.9 Å². The zero-order valence-corrected chi connectivity index (χ0v) is 15.4. The van der Waals surface area contributed by atoms with Gasteiger partial charge in [0, 0.05) is 32.0 Å². The molecule has 0 radical (unpaired) electrons. The molecule has 1 spiro atoms. The molecule has 2 aromatic rings. The lowest BCUT2D eigenvalue weighted by Gasteiger charge is -2.37. The van der Waals surface area contributed by atoms with E-state index in [1.807, 2.05) is 18.2 Å². The normalized spacial score (nSPS) is 19.8. The standard InChI is InChI=1S/C20H24N4O3/c1-15(16-5-3-2-4-6-16)23-18-14-21-17(13-22-18)19(25)24-9-7-20(8-10-24)26-11-12-27-20/h2-6,13-15H,7-12H2,1H3,(H,22,23). The highest BCUT2D eigenvalue weighted by molar-refractivity contribution is 5.92. The van der Waals surface area contributed by atoms with Crippen LogP contribution in [0.2, 0.25) is 0 Å². The molecule has 0 saturated carbocycles. The van der Waals surface area contributed by atoms with Crippen LogP contribution in [0.1, 0.15) is 41.9 Å². The van der Waals surface area contributed by atoms with E-state index >= 15 is 0 Å². The zero-order valence-electron chi connectivity index (χ0n) is 15.4. The summed E-state index contributed by atoms with van der Waals surface area (Å²) in [5, 5.41) is 3.31. The Morgan fingerprint density at radius 3 is 2.44 bits per heavy atom. The van der Waals surface area contributed by atoms with Gasteiger partial charge < -0.3 is 19.7 Å². The summed E-state index contributed by atoms with van der Waals surface area (Å²) in [4.78, 5) is 23.1. The van der Waals surface area contributed by atoms with E-state index in [1.54, 1.807) is 11.1 Å². The summed E-state index contributed by atoms with van der Waals surface area (Å²) in [6.07, 6.45) is 4.54. The van der Waals surface area contributed by atoms with Gasteiger partial charge in [0.25, 0.3) is 5.91 Å². The SMILES string of the molecule is CC(Nc1cnc(C(=O)N2CCC3(CC2)OCCO3)cn1)c1ccccc1. The van der Waals surface area contributed by atoms with Crippen molar-refractivity contribution in [2.24, 2.45) is 0 Å². The van der Waals surface area contributed by atoms with Crippen LogP contribution in [0, 0.1) is 0 Å². The van der Waals surface area contributed by atoms with Gasteiger partial charge in [-0.1, -0.05) is 30.3 Å². The number of aromatic nitrogens is 2. The number of carbonyl (C=O) groups is 1. The Morgan fingerprint density at radius 2 is 1.81 bits per heavy atom. The van der Waals surface area contributed by atoms with Crippen molar-refractivity contribution in [1.29, 1.82) is 0 Å². The van der Waals surface area contributed by atoms with Crippen LogP contribution in [0.25, 0.3) is 0 Å². The van der Waals surface area contributed by atoms with Gasteiger partial charge in [-0.15, -0.1) is 0 Å². The second-order valence-electron chi connectivity index (χ2n) is 6.96. The maximum atomic E-state index is 12.7. The van der Waals surface area contributed by atoms with Crippen LogP contribution in [0.15, 0.2) is 42.7 Å². The fourth-order valence-corrected chi connectivity index (χ4v) is 3.56. The molecule has 2 aliphatic heterocycles. The van der Waals surface area contributed by atoms with Gasteiger partial charge in [0.05, 0.1) is 25.6 Å². The molecule has 3 heterocycles. The molecule has 7 nitrogen and oxygen atoms in total. The third kappa shape index (κ3) is 3.94. The van der Waals surface area contributed by atoms with E-state index in [-0.39, 0.29) is 11.9 Å². The Labute approximate surface area is 158 Å². The molecule has 1 amide bonds.